The van der Waals surface area contributed by atoms with Crippen molar-refractivity contribution in [1.29, 1.82) is 0 Å². The van der Waals surface area contributed by atoms with Gasteiger partial charge in [0, 0.05) is 28.5 Å². The minimum absolute atomic E-state index is 0.0397. The number of allylic oxidation sites excluding steroid dienone is 8. The van der Waals surface area contributed by atoms with E-state index < -0.39 is 16.8 Å². The zero-order valence-electron chi connectivity index (χ0n) is 14.6. The fourth-order valence-electron chi connectivity index (χ4n) is 2.65. The summed E-state index contributed by atoms with van der Waals surface area (Å²) >= 11 is 0. The summed E-state index contributed by atoms with van der Waals surface area (Å²) in [6, 6.07) is 0. The lowest BCUT2D eigenvalue weighted by Crippen LogP contribution is -2.14. The van der Waals surface area contributed by atoms with Crippen LogP contribution in [-0.2, 0) is 15.6 Å². The zero-order chi connectivity index (χ0) is 18.1. The van der Waals surface area contributed by atoms with Gasteiger partial charge in [0.05, 0.1) is 12.1 Å². The highest BCUT2D eigenvalue weighted by Gasteiger charge is 2.14. The van der Waals surface area contributed by atoms with Crippen molar-refractivity contribution in [1.82, 2.24) is 0 Å². The van der Waals surface area contributed by atoms with Gasteiger partial charge in [-0.25, -0.2) is 0 Å². The number of carbonyl (C=O) groups is 1. The lowest BCUT2D eigenvalue weighted by molar-refractivity contribution is -0.136. The predicted octanol–water partition coefficient (Wildman–Crippen LogP) is 3.96. The van der Waals surface area contributed by atoms with E-state index in [4.69, 9.17) is 5.11 Å². The van der Waals surface area contributed by atoms with Gasteiger partial charge in [0.2, 0.25) is 0 Å². The van der Waals surface area contributed by atoms with Gasteiger partial charge in [-0.2, -0.15) is 0 Å². The van der Waals surface area contributed by atoms with E-state index >= 15 is 0 Å². The van der Waals surface area contributed by atoms with Crippen LogP contribution in [0.1, 0.15) is 32.6 Å². The Morgan fingerprint density at radius 3 is 2.92 bits per heavy atom. The van der Waals surface area contributed by atoms with Gasteiger partial charge in [-0.1, -0.05) is 49.0 Å². The largest absolute Gasteiger partial charge is 0.481 e. The Labute approximate surface area is 151 Å². The van der Waals surface area contributed by atoms with Gasteiger partial charge < -0.3 is 5.11 Å². The van der Waals surface area contributed by atoms with Crippen molar-refractivity contribution in [2.75, 3.05) is 11.5 Å². The summed E-state index contributed by atoms with van der Waals surface area (Å²) in [5.41, 5.74) is 3.22. The molecule has 1 N–H and O–H groups in total. The van der Waals surface area contributed by atoms with E-state index in [1.807, 2.05) is 25.3 Å². The van der Waals surface area contributed by atoms with Crippen molar-refractivity contribution in [2.45, 2.75) is 32.6 Å². The lowest BCUT2D eigenvalue weighted by Gasteiger charge is -2.13. The minimum Gasteiger partial charge on any atom is -0.481 e. The Morgan fingerprint density at radius 2 is 2.12 bits per heavy atom. The van der Waals surface area contributed by atoms with Gasteiger partial charge in [-0.05, 0) is 36.8 Å². The van der Waals surface area contributed by atoms with Gasteiger partial charge in [0.25, 0.3) is 0 Å². The van der Waals surface area contributed by atoms with E-state index in [0.29, 0.717) is 5.75 Å². The van der Waals surface area contributed by atoms with E-state index in [9.17, 15) is 9.00 Å². The first-order valence-corrected chi connectivity index (χ1v) is 10.1. The molecule has 1 heterocycles. The van der Waals surface area contributed by atoms with Crippen LogP contribution in [0.2, 0.25) is 0 Å². The third-order valence-electron chi connectivity index (χ3n) is 4.12. The fraction of sp³-hybridized carbons (Fsp3) is 0.400. The summed E-state index contributed by atoms with van der Waals surface area (Å²) in [6.45, 7) is 2.05. The minimum atomic E-state index is -1.11. The molecule has 134 valence electrons. The van der Waals surface area contributed by atoms with Gasteiger partial charge in [0.15, 0.2) is 0 Å². The number of carboxylic acids is 1. The molecule has 4 nitrogen and oxygen atoms in total. The van der Waals surface area contributed by atoms with Crippen LogP contribution in [-0.4, -0.2) is 33.0 Å². The van der Waals surface area contributed by atoms with E-state index in [1.165, 1.54) is 5.57 Å². The normalized spacial score (nSPS) is 21.1. The highest BCUT2D eigenvalue weighted by Crippen LogP contribution is 2.24. The van der Waals surface area contributed by atoms with E-state index in [1.54, 1.807) is 0 Å². The molecule has 0 aromatic heterocycles. The molecule has 0 bridgehead atoms. The van der Waals surface area contributed by atoms with Crippen molar-refractivity contribution < 1.29 is 14.1 Å². The van der Waals surface area contributed by atoms with Crippen LogP contribution in [0.25, 0.3) is 0 Å². The molecule has 2 aliphatic rings. The number of aliphatic carboxylic acids is 1. The Morgan fingerprint density at radius 1 is 1.28 bits per heavy atom. The molecule has 0 amide bonds. The van der Waals surface area contributed by atoms with Crippen LogP contribution >= 0.6 is 0 Å². The molecule has 0 saturated carbocycles. The molecule has 1 aliphatic carbocycles. The molecule has 0 radical (unpaired) electrons. The molecule has 1 aliphatic heterocycles. The molecule has 0 aromatic carbocycles. The van der Waals surface area contributed by atoms with Crippen LogP contribution in [0.5, 0.6) is 0 Å². The quantitative estimate of drug-likeness (QED) is 0.748. The number of nitrogens with zero attached hydrogens (tertiary/aromatic N) is 1. The predicted molar refractivity (Wildman–Crippen MR) is 104 cm³/mol. The summed E-state index contributed by atoms with van der Waals surface area (Å²) in [7, 11) is -1.11. The maximum Gasteiger partial charge on any atom is 0.304 e. The molecule has 0 saturated heterocycles. The second kappa shape index (κ2) is 10.1. The van der Waals surface area contributed by atoms with E-state index in [0.717, 1.165) is 30.5 Å². The number of hydrogen-bond donors (Lipinski definition) is 1. The standard InChI is InChI=1S/C20H25NO3S/c1-16(15-25(24)14-12-20(22)23)17-7-6-8-18(11-10-17)19-9-4-2-3-5-13-21-19/h2,4,6,8-11,13,16H,3,5,7,12,14-15H2,1H3,(H,22,23)/b4-2-,19-9?,21-13?. The number of hydrogen-bond acceptors (Lipinski definition) is 3. The highest BCUT2D eigenvalue weighted by atomic mass is 32.2. The lowest BCUT2D eigenvalue weighted by atomic mass is 10.00. The van der Waals surface area contributed by atoms with Crippen LogP contribution in [0.3, 0.4) is 0 Å². The second-order valence-electron chi connectivity index (χ2n) is 6.19. The van der Waals surface area contributed by atoms with Crippen molar-refractivity contribution in [3.05, 3.63) is 59.4 Å². The molecule has 5 heteroatoms. The Bertz CT molecular complexity index is 696. The average Bonchev–Trinajstić information content (AvgIpc) is 2.79. The maximum absolute atomic E-state index is 12.0. The van der Waals surface area contributed by atoms with Crippen molar-refractivity contribution in [3.8, 4) is 0 Å². The molecule has 2 atom stereocenters. The smallest absolute Gasteiger partial charge is 0.304 e. The average molecular weight is 359 g/mol. The van der Waals surface area contributed by atoms with Gasteiger partial charge in [0.1, 0.15) is 0 Å². The third-order valence-corrected chi connectivity index (χ3v) is 5.65. The molecule has 2 unspecified atom stereocenters. The topological polar surface area (TPSA) is 66.7 Å². The molecular formula is C20H25NO3S. The first-order valence-electron chi connectivity index (χ1n) is 8.60. The molecule has 2 rings (SSSR count). The molecule has 0 fully saturated rings. The summed E-state index contributed by atoms with van der Waals surface area (Å²) in [5.74, 6) is -0.0192. The summed E-state index contributed by atoms with van der Waals surface area (Å²) < 4.78 is 12.0. The van der Waals surface area contributed by atoms with Crippen molar-refractivity contribution in [2.24, 2.45) is 10.9 Å². The summed E-state index contributed by atoms with van der Waals surface area (Å²) in [4.78, 5) is 15.1. The summed E-state index contributed by atoms with van der Waals surface area (Å²) in [6.07, 6.45) is 19.2. The van der Waals surface area contributed by atoms with E-state index in [-0.39, 0.29) is 18.1 Å². The number of aliphatic imine (C=N–C) groups is 1. The van der Waals surface area contributed by atoms with Crippen molar-refractivity contribution in [3.63, 3.8) is 0 Å². The number of rotatable bonds is 7. The molecule has 0 spiro atoms. The Balaban J connectivity index is 2.04. The Hall–Kier alpha value is -2.01. The van der Waals surface area contributed by atoms with Crippen molar-refractivity contribution >= 4 is 23.0 Å². The maximum atomic E-state index is 12.0. The van der Waals surface area contributed by atoms with Crippen LogP contribution in [0.15, 0.2) is 64.4 Å². The Kier molecular flexibility index (Phi) is 7.79. The molecule has 25 heavy (non-hydrogen) atoms. The zero-order valence-corrected chi connectivity index (χ0v) is 15.4. The van der Waals surface area contributed by atoms with Gasteiger partial charge in [-0.3, -0.25) is 14.0 Å². The first kappa shape index (κ1) is 19.3. The number of carboxylic acid groups (broad SMARTS) is 1. The van der Waals surface area contributed by atoms with E-state index in [2.05, 4.69) is 35.4 Å². The summed E-state index contributed by atoms with van der Waals surface area (Å²) in [5, 5.41) is 8.69. The van der Waals surface area contributed by atoms with Gasteiger partial charge >= 0.3 is 5.97 Å². The van der Waals surface area contributed by atoms with Gasteiger partial charge in [-0.15, -0.1) is 0 Å². The monoisotopic (exact) mass is 359 g/mol. The SMILES string of the molecule is CC(CS(=O)CCC(=O)O)C1=CC=C(C2=C/C=C\CCC=N2)C=CC1. The van der Waals surface area contributed by atoms with Crippen LogP contribution in [0, 0.1) is 5.92 Å². The highest BCUT2D eigenvalue weighted by molar-refractivity contribution is 7.85. The molecule has 0 aromatic rings. The second-order valence-corrected chi connectivity index (χ2v) is 7.82. The first-order chi connectivity index (χ1) is 12.1. The molecular weight excluding hydrogens is 334 g/mol. The fourth-order valence-corrected chi connectivity index (χ4v) is 3.99. The third kappa shape index (κ3) is 6.78. The van der Waals surface area contributed by atoms with Crippen LogP contribution < -0.4 is 0 Å². The van der Waals surface area contributed by atoms with Crippen LogP contribution in [0.4, 0.5) is 0 Å².